The monoisotopic (exact) mass is 334 g/mol. The van der Waals surface area contributed by atoms with E-state index in [1.165, 1.54) is 11.1 Å². The fourth-order valence-corrected chi connectivity index (χ4v) is 2.41. The van der Waals surface area contributed by atoms with Crippen LogP contribution in [0.2, 0.25) is 0 Å². The molecule has 1 aromatic heterocycles. The Morgan fingerprint density at radius 1 is 1.30 bits per heavy atom. The summed E-state index contributed by atoms with van der Waals surface area (Å²) in [5.41, 5.74) is 8.10. The highest BCUT2D eigenvalue weighted by Crippen LogP contribution is 2.19. The highest BCUT2D eigenvalue weighted by Gasteiger charge is 2.07. The minimum Gasteiger partial charge on any atom is -0.355 e. The molecule has 0 aliphatic heterocycles. The first-order chi connectivity index (χ1) is 9.60. The van der Waals surface area contributed by atoms with Gasteiger partial charge in [-0.25, -0.2) is 9.97 Å². The summed E-state index contributed by atoms with van der Waals surface area (Å²) >= 11 is 3.52. The van der Waals surface area contributed by atoms with Crippen LogP contribution in [0.1, 0.15) is 17.0 Å². The number of benzene rings is 1. The Hall–Kier alpha value is -1.46. The normalized spacial score (nSPS) is 10.6. The van der Waals surface area contributed by atoms with E-state index in [4.69, 9.17) is 5.73 Å². The van der Waals surface area contributed by atoms with Crippen molar-refractivity contribution in [1.82, 2.24) is 9.97 Å². The van der Waals surface area contributed by atoms with Crippen molar-refractivity contribution < 1.29 is 0 Å². The minimum absolute atomic E-state index is 0.567. The second-order valence-corrected chi connectivity index (χ2v) is 5.71. The van der Waals surface area contributed by atoms with Crippen LogP contribution in [-0.4, -0.2) is 23.6 Å². The third kappa shape index (κ3) is 3.77. The highest BCUT2D eigenvalue weighted by atomic mass is 79.9. The van der Waals surface area contributed by atoms with E-state index < -0.39 is 0 Å². The molecule has 0 aliphatic carbocycles. The van der Waals surface area contributed by atoms with Crippen molar-refractivity contribution >= 4 is 21.7 Å². The van der Waals surface area contributed by atoms with Gasteiger partial charge in [-0.2, -0.15) is 0 Å². The number of anilines is 1. The fourth-order valence-electron chi connectivity index (χ4n) is 2.00. The summed E-state index contributed by atoms with van der Waals surface area (Å²) in [6.45, 7) is 3.50. The lowest BCUT2D eigenvalue weighted by molar-refractivity contribution is 0.830. The number of nitrogens with zero attached hydrogens (tertiary/aromatic N) is 3. The standard InChI is InChI=1S/C15H19BrN4/c1-11-3-4-13(16)9-12(11)10-20(2)15-6-8-18-14(19-15)5-7-17/h3-4,6,8-9H,5,7,10,17H2,1-2H3. The van der Waals surface area contributed by atoms with Crippen molar-refractivity contribution in [3.05, 3.63) is 51.9 Å². The van der Waals surface area contributed by atoms with Crippen molar-refractivity contribution in [2.75, 3.05) is 18.5 Å². The topological polar surface area (TPSA) is 55.0 Å². The predicted octanol–water partition coefficient (Wildman–Crippen LogP) is 2.69. The molecule has 5 heteroatoms. The molecular formula is C15H19BrN4. The number of aryl methyl sites for hydroxylation is 1. The zero-order valence-electron chi connectivity index (χ0n) is 11.8. The number of rotatable bonds is 5. The van der Waals surface area contributed by atoms with Crippen LogP contribution in [0, 0.1) is 6.92 Å². The quantitative estimate of drug-likeness (QED) is 0.913. The lowest BCUT2D eigenvalue weighted by Crippen LogP contribution is -2.19. The second-order valence-electron chi connectivity index (χ2n) is 4.80. The predicted molar refractivity (Wildman–Crippen MR) is 85.8 cm³/mol. The fraction of sp³-hybridized carbons (Fsp3) is 0.333. The summed E-state index contributed by atoms with van der Waals surface area (Å²) in [5.74, 6) is 1.71. The molecule has 1 aromatic carbocycles. The van der Waals surface area contributed by atoms with Crippen molar-refractivity contribution in [2.45, 2.75) is 19.9 Å². The smallest absolute Gasteiger partial charge is 0.132 e. The molecule has 0 fully saturated rings. The average molecular weight is 335 g/mol. The first kappa shape index (κ1) is 14.9. The van der Waals surface area contributed by atoms with Gasteiger partial charge in [-0.3, -0.25) is 0 Å². The third-order valence-corrected chi connectivity index (χ3v) is 3.66. The lowest BCUT2D eigenvalue weighted by atomic mass is 10.1. The molecular weight excluding hydrogens is 316 g/mol. The minimum atomic E-state index is 0.567. The van der Waals surface area contributed by atoms with Gasteiger partial charge in [-0.1, -0.05) is 22.0 Å². The van der Waals surface area contributed by atoms with E-state index in [0.29, 0.717) is 13.0 Å². The van der Waals surface area contributed by atoms with E-state index in [0.717, 1.165) is 22.7 Å². The molecule has 4 nitrogen and oxygen atoms in total. The zero-order valence-corrected chi connectivity index (χ0v) is 13.4. The Bertz CT molecular complexity index is 586. The maximum absolute atomic E-state index is 5.55. The van der Waals surface area contributed by atoms with Crippen LogP contribution < -0.4 is 10.6 Å². The number of nitrogens with two attached hydrogens (primary N) is 1. The van der Waals surface area contributed by atoms with Gasteiger partial charge in [-0.05, 0) is 42.8 Å². The van der Waals surface area contributed by atoms with Gasteiger partial charge in [0.2, 0.25) is 0 Å². The summed E-state index contributed by atoms with van der Waals surface area (Å²) in [5, 5.41) is 0. The average Bonchev–Trinajstić information content (AvgIpc) is 2.43. The molecule has 0 saturated carbocycles. The van der Waals surface area contributed by atoms with Gasteiger partial charge < -0.3 is 10.6 Å². The van der Waals surface area contributed by atoms with Gasteiger partial charge in [0.25, 0.3) is 0 Å². The summed E-state index contributed by atoms with van der Waals surface area (Å²) < 4.78 is 1.10. The summed E-state index contributed by atoms with van der Waals surface area (Å²) in [6.07, 6.45) is 2.50. The van der Waals surface area contributed by atoms with E-state index >= 15 is 0 Å². The first-order valence-electron chi connectivity index (χ1n) is 6.58. The lowest BCUT2D eigenvalue weighted by Gasteiger charge is -2.20. The van der Waals surface area contributed by atoms with Crippen molar-refractivity contribution in [3.8, 4) is 0 Å². The number of hydrogen-bond donors (Lipinski definition) is 1. The second kappa shape index (κ2) is 6.81. The van der Waals surface area contributed by atoms with E-state index in [1.807, 2.05) is 13.1 Å². The van der Waals surface area contributed by atoms with Gasteiger partial charge in [0, 0.05) is 30.7 Å². The summed E-state index contributed by atoms with van der Waals surface area (Å²) in [4.78, 5) is 10.9. The molecule has 2 rings (SSSR count). The van der Waals surface area contributed by atoms with Gasteiger partial charge in [-0.15, -0.1) is 0 Å². The van der Waals surface area contributed by atoms with Gasteiger partial charge in [0.15, 0.2) is 0 Å². The maximum Gasteiger partial charge on any atom is 0.132 e. The van der Waals surface area contributed by atoms with Crippen molar-refractivity contribution in [2.24, 2.45) is 5.73 Å². The first-order valence-corrected chi connectivity index (χ1v) is 7.37. The molecule has 0 bridgehead atoms. The van der Waals surface area contributed by atoms with E-state index in [2.05, 4.69) is 55.9 Å². The van der Waals surface area contributed by atoms with Crippen molar-refractivity contribution in [3.63, 3.8) is 0 Å². The molecule has 0 amide bonds. The molecule has 0 aliphatic rings. The van der Waals surface area contributed by atoms with E-state index in [1.54, 1.807) is 6.20 Å². The Balaban J connectivity index is 2.17. The Labute approximate surface area is 128 Å². The highest BCUT2D eigenvalue weighted by molar-refractivity contribution is 9.10. The van der Waals surface area contributed by atoms with Crippen LogP contribution in [-0.2, 0) is 13.0 Å². The van der Waals surface area contributed by atoms with Crippen LogP contribution >= 0.6 is 15.9 Å². The summed E-state index contributed by atoms with van der Waals surface area (Å²) in [7, 11) is 2.04. The molecule has 2 N–H and O–H groups in total. The molecule has 0 unspecified atom stereocenters. The van der Waals surface area contributed by atoms with Gasteiger partial charge in [0.05, 0.1) is 0 Å². The van der Waals surface area contributed by atoms with Gasteiger partial charge in [0.1, 0.15) is 11.6 Å². The van der Waals surface area contributed by atoms with Gasteiger partial charge >= 0.3 is 0 Å². The van der Waals surface area contributed by atoms with E-state index in [9.17, 15) is 0 Å². The molecule has 0 atom stereocenters. The number of aromatic nitrogens is 2. The molecule has 0 spiro atoms. The zero-order chi connectivity index (χ0) is 14.5. The number of hydrogen-bond acceptors (Lipinski definition) is 4. The molecule has 106 valence electrons. The third-order valence-electron chi connectivity index (χ3n) is 3.17. The Morgan fingerprint density at radius 3 is 2.85 bits per heavy atom. The van der Waals surface area contributed by atoms with Crippen LogP contribution in [0.5, 0.6) is 0 Å². The largest absolute Gasteiger partial charge is 0.355 e. The van der Waals surface area contributed by atoms with Crippen LogP contribution in [0.4, 0.5) is 5.82 Å². The molecule has 0 radical (unpaired) electrons. The SMILES string of the molecule is Cc1ccc(Br)cc1CN(C)c1ccnc(CCN)n1. The Morgan fingerprint density at radius 2 is 2.10 bits per heavy atom. The molecule has 0 saturated heterocycles. The van der Waals surface area contributed by atoms with Crippen LogP contribution in [0.25, 0.3) is 0 Å². The van der Waals surface area contributed by atoms with Crippen LogP contribution in [0.15, 0.2) is 34.9 Å². The van der Waals surface area contributed by atoms with Crippen molar-refractivity contribution in [1.29, 1.82) is 0 Å². The Kier molecular flexibility index (Phi) is 5.09. The molecule has 2 aromatic rings. The van der Waals surface area contributed by atoms with E-state index in [-0.39, 0.29) is 0 Å². The maximum atomic E-state index is 5.55. The molecule has 20 heavy (non-hydrogen) atoms. The molecule has 1 heterocycles. The van der Waals surface area contributed by atoms with Crippen LogP contribution in [0.3, 0.4) is 0 Å². The number of halogens is 1. The summed E-state index contributed by atoms with van der Waals surface area (Å²) in [6, 6.07) is 8.25.